The van der Waals surface area contributed by atoms with Crippen molar-refractivity contribution in [1.82, 2.24) is 15.0 Å². The second-order valence-electron chi connectivity index (χ2n) is 7.27. The molecule has 170 valence electrons. The van der Waals surface area contributed by atoms with Crippen molar-refractivity contribution in [2.24, 2.45) is 0 Å². The molecule has 0 aliphatic carbocycles. The number of amides is 1. The molecule has 10 heteroatoms. The number of aromatic nitrogens is 1. The molecule has 3 aromatic rings. The van der Waals surface area contributed by atoms with Gasteiger partial charge in [0, 0.05) is 24.3 Å². The highest BCUT2D eigenvalue weighted by molar-refractivity contribution is 7.89. The van der Waals surface area contributed by atoms with Crippen LogP contribution < -0.4 is 15.5 Å². The summed E-state index contributed by atoms with van der Waals surface area (Å²) in [5.41, 5.74) is -0.312. The number of sulfonamides is 1. The molecule has 32 heavy (non-hydrogen) atoms. The van der Waals surface area contributed by atoms with Gasteiger partial charge in [-0.25, -0.2) is 17.5 Å². The minimum atomic E-state index is -4.06. The summed E-state index contributed by atoms with van der Waals surface area (Å²) in [6.45, 7) is 2.34. The zero-order valence-corrected chi connectivity index (χ0v) is 18.9. The monoisotopic (exact) mass is 479 g/mol. The summed E-state index contributed by atoms with van der Waals surface area (Å²) in [5.74, 6) is -1.56. The Bertz CT molecular complexity index is 1290. The number of halogens is 2. The van der Waals surface area contributed by atoms with Gasteiger partial charge in [-0.3, -0.25) is 9.59 Å². The molecule has 0 aliphatic heterocycles. The van der Waals surface area contributed by atoms with E-state index in [0.717, 1.165) is 36.7 Å². The molecule has 3 rings (SSSR count). The first kappa shape index (κ1) is 23.9. The van der Waals surface area contributed by atoms with Crippen molar-refractivity contribution in [3.05, 3.63) is 74.8 Å². The van der Waals surface area contributed by atoms with Crippen molar-refractivity contribution in [2.75, 3.05) is 6.54 Å². The molecule has 2 aromatic carbocycles. The number of fused-ring (bicyclic) bond motifs is 1. The molecule has 0 radical (unpaired) electrons. The van der Waals surface area contributed by atoms with Crippen LogP contribution in [-0.4, -0.2) is 25.9 Å². The van der Waals surface area contributed by atoms with Crippen molar-refractivity contribution in [1.29, 1.82) is 0 Å². The van der Waals surface area contributed by atoms with Gasteiger partial charge in [-0.15, -0.1) is 0 Å². The molecular weight excluding hydrogens is 457 g/mol. The molecule has 0 fully saturated rings. The maximum Gasteiger partial charge on any atom is 0.257 e. The van der Waals surface area contributed by atoms with Crippen molar-refractivity contribution in [3.8, 4) is 0 Å². The second kappa shape index (κ2) is 10.2. The van der Waals surface area contributed by atoms with E-state index in [2.05, 4.69) is 15.0 Å². The van der Waals surface area contributed by atoms with Crippen LogP contribution in [0.3, 0.4) is 0 Å². The number of carbonyl (C=O) groups excluding carboxylic acids is 1. The van der Waals surface area contributed by atoms with E-state index in [-0.39, 0.29) is 34.5 Å². The number of rotatable bonds is 9. The van der Waals surface area contributed by atoms with Crippen LogP contribution in [0.5, 0.6) is 0 Å². The molecule has 1 amide bonds. The van der Waals surface area contributed by atoms with Crippen molar-refractivity contribution in [3.63, 3.8) is 0 Å². The number of H-pyrrole nitrogens is 1. The number of unbranched alkanes of at least 4 members (excludes halogenated alkanes) is 2. The number of hydrogen-bond donors (Lipinski definition) is 3. The standard InChI is InChI=1S/C22H23ClFN3O4S/c1-2-3-4-9-27-32(30,31)19-11-16(24)10-17-20(19)25-13-18(21(17)28)22(29)26-12-14-5-7-15(23)8-6-14/h5-8,10-11,13,27H,2-4,9,12H2,1H3,(H,25,28)(H,26,29). The third-order valence-corrected chi connectivity index (χ3v) is 6.63. The first-order chi connectivity index (χ1) is 15.2. The van der Waals surface area contributed by atoms with Crippen molar-refractivity contribution < 1.29 is 17.6 Å². The Hall–Kier alpha value is -2.75. The van der Waals surface area contributed by atoms with Crippen LogP contribution in [0.1, 0.15) is 42.1 Å². The Balaban J connectivity index is 1.90. The lowest BCUT2D eigenvalue weighted by atomic mass is 10.1. The molecular formula is C22H23ClFN3O4S. The third-order valence-electron chi connectivity index (χ3n) is 4.89. The van der Waals surface area contributed by atoms with Gasteiger partial charge in [-0.2, -0.15) is 0 Å². The van der Waals surface area contributed by atoms with Crippen molar-refractivity contribution in [2.45, 2.75) is 37.6 Å². The molecule has 1 aromatic heterocycles. The highest BCUT2D eigenvalue weighted by atomic mass is 35.5. The van der Waals surface area contributed by atoms with Crippen LogP contribution in [-0.2, 0) is 16.6 Å². The normalized spacial score (nSPS) is 11.6. The molecule has 0 bridgehead atoms. The molecule has 0 spiro atoms. The lowest BCUT2D eigenvalue weighted by Crippen LogP contribution is -2.29. The molecule has 0 atom stereocenters. The SMILES string of the molecule is CCCCCNS(=O)(=O)c1cc(F)cc2c(=O)c(C(=O)NCc3ccc(Cl)cc3)c[nH]c12. The zero-order valence-electron chi connectivity index (χ0n) is 17.4. The maximum absolute atomic E-state index is 14.2. The van der Waals surface area contributed by atoms with Crippen LogP contribution in [0.2, 0.25) is 5.02 Å². The summed E-state index contributed by atoms with van der Waals surface area (Å²) in [7, 11) is -4.06. The Morgan fingerprint density at radius 2 is 1.88 bits per heavy atom. The van der Waals surface area contributed by atoms with Crippen LogP contribution in [0.25, 0.3) is 10.9 Å². The summed E-state index contributed by atoms with van der Waals surface area (Å²) in [4.78, 5) is 27.7. The fourth-order valence-corrected chi connectivity index (χ4v) is 4.58. The Morgan fingerprint density at radius 1 is 1.16 bits per heavy atom. The van der Waals surface area contributed by atoms with E-state index in [1.54, 1.807) is 24.3 Å². The fourth-order valence-electron chi connectivity index (χ4n) is 3.18. The summed E-state index contributed by atoms with van der Waals surface area (Å²) in [6, 6.07) is 8.57. The largest absolute Gasteiger partial charge is 0.359 e. The number of nitrogens with one attached hydrogen (secondary N) is 3. The summed E-state index contributed by atoms with van der Waals surface area (Å²) < 4.78 is 42.0. The number of benzene rings is 2. The molecule has 7 nitrogen and oxygen atoms in total. The lowest BCUT2D eigenvalue weighted by Gasteiger charge is -2.11. The van der Waals surface area contributed by atoms with E-state index in [1.165, 1.54) is 0 Å². The van der Waals surface area contributed by atoms with E-state index in [1.807, 2.05) is 6.92 Å². The maximum atomic E-state index is 14.2. The first-order valence-electron chi connectivity index (χ1n) is 10.1. The summed E-state index contributed by atoms with van der Waals surface area (Å²) >= 11 is 5.84. The second-order valence-corrected chi connectivity index (χ2v) is 9.44. The predicted octanol–water partition coefficient (Wildman–Crippen LogP) is 3.72. The van der Waals surface area contributed by atoms with Gasteiger partial charge in [0.25, 0.3) is 5.91 Å². The summed E-state index contributed by atoms with van der Waals surface area (Å²) in [6.07, 6.45) is 3.53. The quantitative estimate of drug-likeness (QED) is 0.406. The number of hydrogen-bond acceptors (Lipinski definition) is 4. The fraction of sp³-hybridized carbons (Fsp3) is 0.273. The Kier molecular flexibility index (Phi) is 7.65. The zero-order chi connectivity index (χ0) is 23.3. The van der Waals surface area contributed by atoms with Gasteiger partial charge in [0.15, 0.2) is 0 Å². The van der Waals surface area contributed by atoms with Crippen LogP contribution >= 0.6 is 11.6 Å². The van der Waals surface area contributed by atoms with Crippen LogP contribution in [0, 0.1) is 5.82 Å². The topological polar surface area (TPSA) is 108 Å². The Labute approximate surface area is 190 Å². The van der Waals surface area contributed by atoms with E-state index in [9.17, 15) is 22.4 Å². The Morgan fingerprint density at radius 3 is 2.56 bits per heavy atom. The van der Waals surface area contributed by atoms with Gasteiger partial charge in [-0.05, 0) is 36.2 Å². The van der Waals surface area contributed by atoms with Gasteiger partial charge in [0.1, 0.15) is 16.3 Å². The first-order valence-corrected chi connectivity index (χ1v) is 12.0. The molecule has 0 saturated heterocycles. The molecule has 1 heterocycles. The molecule has 0 saturated carbocycles. The summed E-state index contributed by atoms with van der Waals surface area (Å²) in [5, 5.41) is 2.94. The van der Waals surface area contributed by atoms with E-state index < -0.39 is 27.2 Å². The molecule has 0 aliphatic rings. The smallest absolute Gasteiger partial charge is 0.257 e. The van der Waals surface area contributed by atoms with E-state index >= 15 is 0 Å². The van der Waals surface area contributed by atoms with Gasteiger partial charge in [-0.1, -0.05) is 43.5 Å². The average molecular weight is 480 g/mol. The minimum Gasteiger partial charge on any atom is -0.359 e. The van der Waals surface area contributed by atoms with Gasteiger partial charge < -0.3 is 10.3 Å². The predicted molar refractivity (Wildman–Crippen MR) is 122 cm³/mol. The van der Waals surface area contributed by atoms with Crippen LogP contribution in [0.15, 0.2) is 52.3 Å². The number of pyridine rings is 1. The highest BCUT2D eigenvalue weighted by Gasteiger charge is 2.22. The third kappa shape index (κ3) is 5.53. The number of carbonyl (C=O) groups is 1. The van der Waals surface area contributed by atoms with Gasteiger partial charge >= 0.3 is 0 Å². The average Bonchev–Trinajstić information content (AvgIpc) is 2.76. The molecule has 0 unspecified atom stereocenters. The van der Waals surface area contributed by atoms with E-state index in [4.69, 9.17) is 11.6 Å². The van der Waals surface area contributed by atoms with Crippen LogP contribution in [0.4, 0.5) is 4.39 Å². The van der Waals surface area contributed by atoms with Gasteiger partial charge in [0.05, 0.1) is 10.9 Å². The molecule has 3 N–H and O–H groups in total. The van der Waals surface area contributed by atoms with E-state index in [0.29, 0.717) is 11.4 Å². The minimum absolute atomic E-state index is 0.0614. The lowest BCUT2D eigenvalue weighted by molar-refractivity contribution is 0.0949. The highest BCUT2D eigenvalue weighted by Crippen LogP contribution is 2.21. The van der Waals surface area contributed by atoms with Crippen molar-refractivity contribution >= 4 is 38.4 Å². The number of aromatic amines is 1. The van der Waals surface area contributed by atoms with Gasteiger partial charge in [0.2, 0.25) is 15.5 Å².